The van der Waals surface area contributed by atoms with Crippen LogP contribution in [-0.4, -0.2) is 50.6 Å². The lowest BCUT2D eigenvalue weighted by Gasteiger charge is -2.34. The Morgan fingerprint density at radius 3 is 3.20 bits per heavy atom. The van der Waals surface area contributed by atoms with Crippen molar-refractivity contribution >= 4 is 34.7 Å². The number of hydrogen-bond donors (Lipinski definition) is 2. The van der Waals surface area contributed by atoms with Gasteiger partial charge < -0.3 is 15.2 Å². The second-order valence-corrected chi connectivity index (χ2v) is 6.17. The third-order valence-corrected chi connectivity index (χ3v) is 4.63. The predicted molar refractivity (Wildman–Crippen MR) is 84.6 cm³/mol. The molecule has 0 amide bonds. The number of fused-ring (bicyclic) bond motifs is 1. The topological polar surface area (TPSA) is 69.7 Å². The highest BCUT2D eigenvalue weighted by atomic mass is 32.2. The van der Waals surface area contributed by atoms with E-state index >= 15 is 0 Å². The zero-order valence-electron chi connectivity index (χ0n) is 11.9. The number of hydrogen-bond acceptors (Lipinski definition) is 6. The Morgan fingerprint density at radius 1 is 1.50 bits per heavy atom. The quantitative estimate of drug-likeness (QED) is 0.899. The van der Waals surface area contributed by atoms with E-state index in [4.69, 9.17) is 4.98 Å². The third-order valence-electron chi connectivity index (χ3n) is 3.44. The fourth-order valence-corrected chi connectivity index (χ4v) is 3.40. The summed E-state index contributed by atoms with van der Waals surface area (Å²) in [4.78, 5) is 19.0. The smallest absolute Gasteiger partial charge is 0.226 e. The van der Waals surface area contributed by atoms with Crippen LogP contribution < -0.4 is 10.2 Å². The minimum Gasteiger partial charge on any atom is -0.354 e. The van der Waals surface area contributed by atoms with E-state index in [-0.39, 0.29) is 0 Å². The Hall–Kier alpha value is -1.50. The van der Waals surface area contributed by atoms with E-state index in [0.717, 1.165) is 48.0 Å². The van der Waals surface area contributed by atoms with E-state index < -0.39 is 0 Å². The first-order valence-corrected chi connectivity index (χ1v) is 8.24. The highest BCUT2D eigenvalue weighted by molar-refractivity contribution is 7.99. The summed E-state index contributed by atoms with van der Waals surface area (Å²) in [7, 11) is 0. The van der Waals surface area contributed by atoms with Crippen LogP contribution in [0.3, 0.4) is 0 Å². The standard InChI is InChI=1S/C13H20N6S/c1-3-4-14-13-17-11-10(15-8-16-11)12(18-13)19-5-6-20-7-9(19)2/h8-9H,3-7H2,1-2H3,(H2,14,15,16,17,18). The van der Waals surface area contributed by atoms with Crippen molar-refractivity contribution in [2.24, 2.45) is 0 Å². The van der Waals surface area contributed by atoms with Crippen molar-refractivity contribution in [1.29, 1.82) is 0 Å². The first-order valence-electron chi connectivity index (χ1n) is 7.09. The third kappa shape index (κ3) is 2.54. The average molecular weight is 292 g/mol. The second kappa shape index (κ2) is 5.87. The number of nitrogens with zero attached hydrogens (tertiary/aromatic N) is 4. The molecule has 3 heterocycles. The summed E-state index contributed by atoms with van der Waals surface area (Å²) < 4.78 is 0. The number of aromatic nitrogens is 4. The SMILES string of the molecule is CCCNc1nc(N2CCSCC2C)c2[nH]cnc2n1. The van der Waals surface area contributed by atoms with E-state index in [1.807, 2.05) is 11.8 Å². The first-order chi connectivity index (χ1) is 9.79. The zero-order chi connectivity index (χ0) is 13.9. The number of H-pyrrole nitrogens is 1. The van der Waals surface area contributed by atoms with Gasteiger partial charge in [0.15, 0.2) is 11.5 Å². The number of anilines is 2. The van der Waals surface area contributed by atoms with Crippen molar-refractivity contribution in [2.45, 2.75) is 26.3 Å². The van der Waals surface area contributed by atoms with E-state index in [1.54, 1.807) is 6.33 Å². The van der Waals surface area contributed by atoms with E-state index in [9.17, 15) is 0 Å². The first kappa shape index (κ1) is 13.5. The molecule has 0 aliphatic carbocycles. The lowest BCUT2D eigenvalue weighted by molar-refractivity contribution is 0.691. The lowest BCUT2D eigenvalue weighted by atomic mass is 10.3. The van der Waals surface area contributed by atoms with Gasteiger partial charge in [0, 0.05) is 30.6 Å². The van der Waals surface area contributed by atoms with E-state index in [2.05, 4.69) is 39.0 Å². The molecule has 0 aromatic carbocycles. The molecule has 1 atom stereocenters. The summed E-state index contributed by atoms with van der Waals surface area (Å²) >= 11 is 2.00. The van der Waals surface area contributed by atoms with Crippen LogP contribution in [0.25, 0.3) is 11.2 Å². The number of rotatable bonds is 4. The zero-order valence-corrected chi connectivity index (χ0v) is 12.7. The van der Waals surface area contributed by atoms with Crippen LogP contribution in [0.5, 0.6) is 0 Å². The molecule has 108 valence electrons. The lowest BCUT2D eigenvalue weighted by Crippen LogP contribution is -2.41. The normalized spacial score (nSPS) is 19.5. The van der Waals surface area contributed by atoms with Crippen molar-refractivity contribution in [3.63, 3.8) is 0 Å². The molecule has 1 aliphatic heterocycles. The Labute approximate surface area is 122 Å². The Kier molecular flexibility index (Phi) is 3.95. The van der Waals surface area contributed by atoms with Crippen LogP contribution in [0.2, 0.25) is 0 Å². The van der Waals surface area contributed by atoms with Crippen molar-refractivity contribution in [2.75, 3.05) is 34.8 Å². The minimum absolute atomic E-state index is 0.481. The Morgan fingerprint density at radius 2 is 2.40 bits per heavy atom. The van der Waals surface area contributed by atoms with Crippen molar-refractivity contribution in [1.82, 2.24) is 19.9 Å². The van der Waals surface area contributed by atoms with Gasteiger partial charge in [0.1, 0.15) is 5.52 Å². The van der Waals surface area contributed by atoms with Gasteiger partial charge in [-0.3, -0.25) is 0 Å². The van der Waals surface area contributed by atoms with E-state index in [0.29, 0.717) is 12.0 Å². The highest BCUT2D eigenvalue weighted by Crippen LogP contribution is 2.28. The molecule has 2 aromatic heterocycles. The summed E-state index contributed by atoms with van der Waals surface area (Å²) in [5.74, 6) is 3.92. The minimum atomic E-state index is 0.481. The van der Waals surface area contributed by atoms with Gasteiger partial charge in [-0.15, -0.1) is 0 Å². The summed E-state index contributed by atoms with van der Waals surface area (Å²) in [6, 6.07) is 0.481. The Balaban J connectivity index is 2.00. The van der Waals surface area contributed by atoms with Crippen LogP contribution in [0.15, 0.2) is 6.33 Å². The van der Waals surface area contributed by atoms with Gasteiger partial charge >= 0.3 is 0 Å². The molecule has 2 aromatic rings. The van der Waals surface area contributed by atoms with Gasteiger partial charge in [-0.25, -0.2) is 4.98 Å². The van der Waals surface area contributed by atoms with Crippen molar-refractivity contribution in [3.05, 3.63) is 6.33 Å². The maximum absolute atomic E-state index is 4.71. The van der Waals surface area contributed by atoms with Crippen LogP contribution in [0, 0.1) is 0 Å². The van der Waals surface area contributed by atoms with Gasteiger partial charge in [0.05, 0.1) is 6.33 Å². The fourth-order valence-electron chi connectivity index (χ4n) is 2.38. The molecule has 20 heavy (non-hydrogen) atoms. The van der Waals surface area contributed by atoms with Crippen LogP contribution >= 0.6 is 11.8 Å². The van der Waals surface area contributed by atoms with Crippen LogP contribution in [0.1, 0.15) is 20.3 Å². The molecule has 1 saturated heterocycles. The van der Waals surface area contributed by atoms with Crippen LogP contribution in [0.4, 0.5) is 11.8 Å². The van der Waals surface area contributed by atoms with E-state index in [1.165, 1.54) is 0 Å². The molecule has 2 N–H and O–H groups in total. The highest BCUT2D eigenvalue weighted by Gasteiger charge is 2.23. The number of imidazole rings is 1. The average Bonchev–Trinajstić information content (AvgIpc) is 2.93. The Bertz CT molecular complexity index is 583. The molecule has 1 fully saturated rings. The number of thioether (sulfide) groups is 1. The molecule has 0 saturated carbocycles. The predicted octanol–water partition coefficient (Wildman–Crippen LogP) is 2.12. The van der Waals surface area contributed by atoms with Gasteiger partial charge in [0.25, 0.3) is 0 Å². The molecule has 0 spiro atoms. The van der Waals surface area contributed by atoms with Crippen molar-refractivity contribution < 1.29 is 0 Å². The maximum Gasteiger partial charge on any atom is 0.226 e. The van der Waals surface area contributed by atoms with Gasteiger partial charge in [-0.05, 0) is 13.3 Å². The molecule has 1 aliphatic rings. The second-order valence-electron chi connectivity index (χ2n) is 5.02. The molecular weight excluding hydrogens is 272 g/mol. The summed E-state index contributed by atoms with van der Waals surface area (Å²) in [5, 5.41) is 3.26. The number of nitrogens with one attached hydrogen (secondary N) is 2. The number of aromatic amines is 1. The van der Waals surface area contributed by atoms with Crippen molar-refractivity contribution in [3.8, 4) is 0 Å². The van der Waals surface area contributed by atoms with Crippen LogP contribution in [-0.2, 0) is 0 Å². The molecule has 6 nitrogen and oxygen atoms in total. The molecule has 1 unspecified atom stereocenters. The largest absolute Gasteiger partial charge is 0.354 e. The van der Waals surface area contributed by atoms with Gasteiger partial charge in [-0.1, -0.05) is 6.92 Å². The van der Waals surface area contributed by atoms with Gasteiger partial charge in [0.2, 0.25) is 5.95 Å². The summed E-state index contributed by atoms with van der Waals surface area (Å²) in [5.41, 5.74) is 1.67. The van der Waals surface area contributed by atoms with Gasteiger partial charge in [-0.2, -0.15) is 21.7 Å². The summed E-state index contributed by atoms with van der Waals surface area (Å²) in [6.45, 7) is 6.27. The molecule has 3 rings (SSSR count). The molecule has 0 radical (unpaired) electrons. The summed E-state index contributed by atoms with van der Waals surface area (Å²) in [6.07, 6.45) is 2.74. The molecule has 7 heteroatoms. The molecular formula is C13H20N6S. The monoisotopic (exact) mass is 292 g/mol. The fraction of sp³-hybridized carbons (Fsp3) is 0.615. The maximum atomic E-state index is 4.71. The molecule has 0 bridgehead atoms.